The number of aryl methyl sites for hydroxylation is 3. The standard InChI is InChI=1S/C18H26N6/c1-3-13-8-7-9-14(4-2)17(13)21-18(19)20-12-16-23-22-15-10-5-6-11-24(15)16/h7-9H,3-6,10-12H2,1-2H3,(H3,19,20,21). The molecule has 6 nitrogen and oxygen atoms in total. The predicted molar refractivity (Wildman–Crippen MR) is 97.1 cm³/mol. The molecule has 3 rings (SSSR count). The van der Waals surface area contributed by atoms with Gasteiger partial charge < -0.3 is 15.6 Å². The molecule has 0 bridgehead atoms. The number of hydrogen-bond donors (Lipinski definition) is 2. The van der Waals surface area contributed by atoms with Gasteiger partial charge in [-0.15, -0.1) is 10.2 Å². The van der Waals surface area contributed by atoms with Crippen LogP contribution in [0.4, 0.5) is 5.69 Å². The maximum atomic E-state index is 6.13. The Morgan fingerprint density at radius 2 is 1.96 bits per heavy atom. The number of aromatic nitrogens is 3. The minimum Gasteiger partial charge on any atom is -0.370 e. The van der Waals surface area contributed by atoms with Crippen molar-refractivity contribution in [2.45, 2.75) is 59.0 Å². The first-order valence-corrected chi connectivity index (χ1v) is 8.81. The largest absolute Gasteiger partial charge is 0.370 e. The lowest BCUT2D eigenvalue weighted by Gasteiger charge is -2.15. The zero-order valence-electron chi connectivity index (χ0n) is 14.5. The average molecular weight is 326 g/mol. The van der Waals surface area contributed by atoms with Crippen LogP contribution < -0.4 is 11.1 Å². The van der Waals surface area contributed by atoms with Crippen LogP contribution in [0.2, 0.25) is 0 Å². The molecule has 24 heavy (non-hydrogen) atoms. The number of nitrogens with one attached hydrogen (secondary N) is 1. The second-order valence-corrected chi connectivity index (χ2v) is 6.13. The molecule has 0 aliphatic carbocycles. The van der Waals surface area contributed by atoms with Gasteiger partial charge in [-0.25, -0.2) is 4.99 Å². The van der Waals surface area contributed by atoms with E-state index >= 15 is 0 Å². The Bertz CT molecular complexity index is 709. The molecule has 2 aromatic rings. The highest BCUT2D eigenvalue weighted by Crippen LogP contribution is 2.22. The molecular weight excluding hydrogens is 300 g/mol. The summed E-state index contributed by atoms with van der Waals surface area (Å²) < 4.78 is 2.18. The fourth-order valence-corrected chi connectivity index (χ4v) is 3.21. The minimum atomic E-state index is 0.429. The van der Waals surface area contributed by atoms with Crippen molar-refractivity contribution in [3.05, 3.63) is 41.0 Å². The van der Waals surface area contributed by atoms with Gasteiger partial charge in [0.05, 0.1) is 0 Å². The molecule has 2 heterocycles. The van der Waals surface area contributed by atoms with Crippen LogP contribution >= 0.6 is 0 Å². The SMILES string of the molecule is CCc1cccc(CC)c1NC(N)=NCc1nnc2n1CCCC2. The number of para-hydroxylation sites is 1. The minimum absolute atomic E-state index is 0.429. The first-order chi connectivity index (χ1) is 11.7. The van der Waals surface area contributed by atoms with E-state index in [0.29, 0.717) is 12.5 Å². The molecular formula is C18H26N6. The second kappa shape index (κ2) is 7.47. The van der Waals surface area contributed by atoms with Crippen molar-refractivity contribution in [1.29, 1.82) is 0 Å². The molecule has 1 aliphatic heterocycles. The molecule has 1 aromatic carbocycles. The van der Waals surface area contributed by atoms with Crippen molar-refractivity contribution in [3.63, 3.8) is 0 Å². The van der Waals surface area contributed by atoms with Gasteiger partial charge in [0, 0.05) is 18.7 Å². The molecule has 0 saturated heterocycles. The fourth-order valence-electron chi connectivity index (χ4n) is 3.21. The Balaban J connectivity index is 1.74. The van der Waals surface area contributed by atoms with E-state index in [1.807, 2.05) is 0 Å². The zero-order valence-corrected chi connectivity index (χ0v) is 14.5. The first-order valence-electron chi connectivity index (χ1n) is 8.81. The van der Waals surface area contributed by atoms with Crippen LogP contribution in [0.1, 0.15) is 49.5 Å². The van der Waals surface area contributed by atoms with E-state index in [1.54, 1.807) is 0 Å². The number of hydrogen-bond acceptors (Lipinski definition) is 3. The smallest absolute Gasteiger partial charge is 0.193 e. The second-order valence-electron chi connectivity index (χ2n) is 6.13. The van der Waals surface area contributed by atoms with Crippen LogP contribution in [0.25, 0.3) is 0 Å². The summed E-state index contributed by atoms with van der Waals surface area (Å²) in [5, 5.41) is 11.8. The van der Waals surface area contributed by atoms with Crippen molar-refractivity contribution in [3.8, 4) is 0 Å². The van der Waals surface area contributed by atoms with Gasteiger partial charge in [0.15, 0.2) is 11.8 Å². The van der Waals surface area contributed by atoms with Crippen molar-refractivity contribution in [2.24, 2.45) is 10.7 Å². The van der Waals surface area contributed by atoms with Gasteiger partial charge in [-0.1, -0.05) is 32.0 Å². The number of nitrogens with zero attached hydrogens (tertiary/aromatic N) is 4. The van der Waals surface area contributed by atoms with Gasteiger partial charge >= 0.3 is 0 Å². The lowest BCUT2D eigenvalue weighted by molar-refractivity contribution is 0.508. The third-order valence-electron chi connectivity index (χ3n) is 4.58. The summed E-state index contributed by atoms with van der Waals surface area (Å²) in [5.41, 5.74) is 9.73. The van der Waals surface area contributed by atoms with E-state index in [-0.39, 0.29) is 0 Å². The number of fused-ring (bicyclic) bond motifs is 1. The third-order valence-corrected chi connectivity index (χ3v) is 4.58. The fraction of sp³-hybridized carbons (Fsp3) is 0.500. The Labute approximate surface area is 143 Å². The van der Waals surface area contributed by atoms with Crippen molar-refractivity contribution in [2.75, 3.05) is 5.32 Å². The van der Waals surface area contributed by atoms with Gasteiger partial charge in [0.2, 0.25) is 0 Å². The summed E-state index contributed by atoms with van der Waals surface area (Å²) in [6.45, 7) is 5.74. The molecule has 6 heteroatoms. The van der Waals surface area contributed by atoms with Crippen LogP contribution in [0.5, 0.6) is 0 Å². The van der Waals surface area contributed by atoms with Crippen LogP contribution in [-0.4, -0.2) is 20.7 Å². The van der Waals surface area contributed by atoms with Crippen LogP contribution in [0.3, 0.4) is 0 Å². The molecule has 0 amide bonds. The van der Waals surface area contributed by atoms with Crippen molar-refractivity contribution in [1.82, 2.24) is 14.8 Å². The Morgan fingerprint density at radius 3 is 2.67 bits per heavy atom. The summed E-state index contributed by atoms with van der Waals surface area (Å²) in [6, 6.07) is 6.35. The van der Waals surface area contributed by atoms with E-state index in [1.165, 1.54) is 24.0 Å². The first kappa shape index (κ1) is 16.5. The van der Waals surface area contributed by atoms with Crippen LogP contribution in [0, 0.1) is 0 Å². The van der Waals surface area contributed by atoms with Gasteiger partial charge in [-0.2, -0.15) is 0 Å². The molecule has 1 aliphatic rings. The van der Waals surface area contributed by atoms with Gasteiger partial charge in [-0.05, 0) is 36.8 Å². The average Bonchev–Trinajstić information content (AvgIpc) is 3.03. The summed E-state index contributed by atoms with van der Waals surface area (Å²) in [4.78, 5) is 4.48. The van der Waals surface area contributed by atoms with Gasteiger partial charge in [0.1, 0.15) is 12.4 Å². The topological polar surface area (TPSA) is 81.1 Å². The monoisotopic (exact) mass is 326 g/mol. The van der Waals surface area contributed by atoms with Crippen molar-refractivity contribution < 1.29 is 0 Å². The highest BCUT2D eigenvalue weighted by Gasteiger charge is 2.15. The van der Waals surface area contributed by atoms with Gasteiger partial charge in [0.25, 0.3) is 0 Å². The third kappa shape index (κ3) is 3.42. The highest BCUT2D eigenvalue weighted by molar-refractivity contribution is 5.93. The number of aliphatic imine (C=N–C) groups is 1. The number of anilines is 1. The molecule has 0 saturated carbocycles. The number of rotatable bonds is 5. The van der Waals surface area contributed by atoms with Crippen molar-refractivity contribution >= 4 is 11.6 Å². The normalized spacial score (nSPS) is 14.5. The summed E-state index contributed by atoms with van der Waals surface area (Å²) in [7, 11) is 0. The number of benzene rings is 1. The Hall–Kier alpha value is -2.37. The molecule has 1 aromatic heterocycles. The Morgan fingerprint density at radius 1 is 1.21 bits per heavy atom. The summed E-state index contributed by atoms with van der Waals surface area (Å²) in [6.07, 6.45) is 5.30. The van der Waals surface area contributed by atoms with E-state index < -0.39 is 0 Å². The number of guanidine groups is 1. The molecule has 0 spiro atoms. The zero-order chi connectivity index (χ0) is 16.9. The molecule has 0 radical (unpaired) electrons. The molecule has 0 atom stereocenters. The molecule has 3 N–H and O–H groups in total. The lowest BCUT2D eigenvalue weighted by Crippen LogP contribution is -2.24. The molecule has 0 fully saturated rings. The number of nitrogens with two attached hydrogens (primary N) is 1. The highest BCUT2D eigenvalue weighted by atomic mass is 15.3. The summed E-state index contributed by atoms with van der Waals surface area (Å²) >= 11 is 0. The van der Waals surface area contributed by atoms with E-state index in [9.17, 15) is 0 Å². The Kier molecular flexibility index (Phi) is 5.13. The molecule has 128 valence electrons. The van der Waals surface area contributed by atoms with E-state index in [4.69, 9.17) is 5.73 Å². The van der Waals surface area contributed by atoms with Crippen LogP contribution in [-0.2, 0) is 32.4 Å². The maximum absolute atomic E-state index is 6.13. The lowest BCUT2D eigenvalue weighted by atomic mass is 10.0. The van der Waals surface area contributed by atoms with E-state index in [2.05, 4.69) is 57.1 Å². The maximum Gasteiger partial charge on any atom is 0.193 e. The van der Waals surface area contributed by atoms with Crippen LogP contribution in [0.15, 0.2) is 23.2 Å². The molecule has 0 unspecified atom stereocenters. The quantitative estimate of drug-likeness (QED) is 0.654. The summed E-state index contributed by atoms with van der Waals surface area (Å²) in [5.74, 6) is 2.40. The van der Waals surface area contributed by atoms with Gasteiger partial charge in [-0.3, -0.25) is 0 Å². The van der Waals surface area contributed by atoms with E-state index in [0.717, 1.165) is 43.1 Å². The predicted octanol–water partition coefficient (Wildman–Crippen LogP) is 2.67.